The molecule has 2 aromatic carbocycles. The van der Waals surface area contributed by atoms with Crippen LogP contribution in [-0.2, 0) is 53.0 Å². The third-order valence-electron chi connectivity index (χ3n) is 10.8. The monoisotopic (exact) mass is 830 g/mol. The molecule has 328 valence electrons. The zero-order chi connectivity index (χ0) is 44.2. The van der Waals surface area contributed by atoms with Gasteiger partial charge >= 0.3 is 5.97 Å². The van der Waals surface area contributed by atoms with E-state index in [1.807, 2.05) is 102 Å². The molecule has 14 heteroatoms. The Bertz CT molecular complexity index is 1740. The van der Waals surface area contributed by atoms with E-state index >= 15 is 0 Å². The van der Waals surface area contributed by atoms with Crippen molar-refractivity contribution in [1.82, 2.24) is 30.8 Å². The van der Waals surface area contributed by atoms with Crippen molar-refractivity contribution in [2.45, 2.75) is 130 Å². The largest absolute Gasteiger partial charge is 0.467 e. The van der Waals surface area contributed by atoms with Crippen LogP contribution in [0.25, 0.3) is 0 Å². The summed E-state index contributed by atoms with van der Waals surface area (Å²) in [6.07, 6.45) is 2.83. The molecule has 0 saturated heterocycles. The number of aromatic nitrogens is 2. The molecule has 0 saturated carbocycles. The smallest absolute Gasteiger partial charge is 0.328 e. The molecule has 0 aliphatic heterocycles. The number of carbonyl (C=O) groups excluding carboxylic acids is 6. The number of rotatable bonds is 26. The number of esters is 1. The van der Waals surface area contributed by atoms with Gasteiger partial charge in [0.25, 0.3) is 0 Å². The SMILES string of the molecule is CC[C@H](C)[C@H](NC(=O)[C@@H](C[C@H](O)[C@H](CC(C)C)NC(=O)CCC(=O)CCC(=O)N(Cc1ccccc1)Cc1ccccc1)C(C)C)C(=O)N[C@@H](Cc1cnc[nH]1)C(=O)OC. The molecule has 6 atom stereocenters. The average molecular weight is 831 g/mol. The molecular formula is C46H66N6O8. The van der Waals surface area contributed by atoms with Crippen LogP contribution in [0.15, 0.2) is 73.2 Å². The number of imidazole rings is 1. The van der Waals surface area contributed by atoms with Gasteiger partial charge in [-0.25, -0.2) is 9.78 Å². The zero-order valence-corrected chi connectivity index (χ0v) is 36.3. The van der Waals surface area contributed by atoms with Crippen molar-refractivity contribution in [1.29, 1.82) is 0 Å². The van der Waals surface area contributed by atoms with Crippen LogP contribution < -0.4 is 16.0 Å². The van der Waals surface area contributed by atoms with E-state index in [9.17, 15) is 33.9 Å². The van der Waals surface area contributed by atoms with Gasteiger partial charge in [-0.1, -0.05) is 109 Å². The van der Waals surface area contributed by atoms with Crippen molar-refractivity contribution >= 4 is 35.4 Å². The topological polar surface area (TPSA) is 200 Å². The fraction of sp³-hybridized carbons (Fsp3) is 0.543. The van der Waals surface area contributed by atoms with Crippen molar-refractivity contribution < 1.29 is 38.6 Å². The van der Waals surface area contributed by atoms with Crippen LogP contribution in [0, 0.1) is 23.7 Å². The number of nitrogens with zero attached hydrogens (tertiary/aromatic N) is 2. The van der Waals surface area contributed by atoms with E-state index in [-0.39, 0.29) is 68.0 Å². The van der Waals surface area contributed by atoms with E-state index in [1.165, 1.54) is 13.4 Å². The fourth-order valence-corrected chi connectivity index (χ4v) is 7.00. The number of ketones is 1. The Morgan fingerprint density at radius 2 is 1.38 bits per heavy atom. The maximum absolute atomic E-state index is 13.9. The van der Waals surface area contributed by atoms with E-state index in [1.54, 1.807) is 11.1 Å². The molecule has 0 unspecified atom stereocenters. The molecule has 4 amide bonds. The highest BCUT2D eigenvalue weighted by atomic mass is 16.5. The second kappa shape index (κ2) is 25.3. The molecule has 0 spiro atoms. The summed E-state index contributed by atoms with van der Waals surface area (Å²) in [6, 6.07) is 16.6. The summed E-state index contributed by atoms with van der Waals surface area (Å²) in [4.78, 5) is 88.3. The average Bonchev–Trinajstić information content (AvgIpc) is 3.75. The van der Waals surface area contributed by atoms with Crippen molar-refractivity contribution in [3.8, 4) is 0 Å². The summed E-state index contributed by atoms with van der Waals surface area (Å²) in [5, 5.41) is 20.1. The predicted octanol–water partition coefficient (Wildman–Crippen LogP) is 5.05. The van der Waals surface area contributed by atoms with Crippen molar-refractivity contribution in [2.24, 2.45) is 23.7 Å². The third kappa shape index (κ3) is 16.7. The Labute approximate surface area is 355 Å². The van der Waals surface area contributed by atoms with Crippen LogP contribution in [0.4, 0.5) is 0 Å². The number of methoxy groups -OCH3 is 1. The second-order valence-corrected chi connectivity index (χ2v) is 16.5. The molecule has 1 aromatic heterocycles. The van der Waals surface area contributed by atoms with Crippen LogP contribution in [0.2, 0.25) is 0 Å². The van der Waals surface area contributed by atoms with Crippen molar-refractivity contribution in [3.05, 3.63) is 90.0 Å². The first-order valence-corrected chi connectivity index (χ1v) is 21.1. The van der Waals surface area contributed by atoms with Gasteiger partial charge in [-0.15, -0.1) is 0 Å². The van der Waals surface area contributed by atoms with Gasteiger partial charge in [0, 0.05) is 63.0 Å². The lowest BCUT2D eigenvalue weighted by atomic mass is 9.85. The fourth-order valence-electron chi connectivity index (χ4n) is 7.00. The zero-order valence-electron chi connectivity index (χ0n) is 36.3. The lowest BCUT2D eigenvalue weighted by Gasteiger charge is -2.32. The molecule has 3 rings (SSSR count). The van der Waals surface area contributed by atoms with Gasteiger partial charge in [0.15, 0.2) is 0 Å². The second-order valence-electron chi connectivity index (χ2n) is 16.5. The van der Waals surface area contributed by atoms with Gasteiger partial charge in [0.2, 0.25) is 23.6 Å². The van der Waals surface area contributed by atoms with Crippen LogP contribution in [0.1, 0.15) is 103 Å². The van der Waals surface area contributed by atoms with Gasteiger partial charge < -0.3 is 35.7 Å². The van der Waals surface area contributed by atoms with Gasteiger partial charge in [-0.2, -0.15) is 0 Å². The number of aliphatic hydroxyl groups is 1. The molecule has 1 heterocycles. The van der Waals surface area contributed by atoms with Gasteiger partial charge in [-0.3, -0.25) is 24.0 Å². The normalized spacial score (nSPS) is 14.3. The first kappa shape index (κ1) is 49.0. The maximum Gasteiger partial charge on any atom is 0.328 e. The highest BCUT2D eigenvalue weighted by Crippen LogP contribution is 2.23. The number of aliphatic hydroxyl groups excluding tert-OH is 1. The number of amides is 4. The third-order valence-corrected chi connectivity index (χ3v) is 10.8. The standard InChI is InChI=1S/C46H66N6O8/c1-8-32(6)43(45(58)50-39(46(59)60-7)24-35-26-47-29-48-35)51-44(57)37(31(4)5)25-40(54)38(23-30(2)3)49-41(55)21-19-36(53)20-22-42(56)52(27-33-15-11-9-12-16-33)28-34-17-13-10-14-18-34/h9-18,26,29-32,37-40,43,54H,8,19-25,27-28H2,1-7H3,(H,47,48)(H,49,55)(H,50,58)(H,51,57)/t32-,37-,38-,39-,40-,43-/m0/s1. The van der Waals surface area contributed by atoms with Crippen molar-refractivity contribution in [2.75, 3.05) is 7.11 Å². The number of hydrogen-bond acceptors (Lipinski definition) is 9. The summed E-state index contributed by atoms with van der Waals surface area (Å²) in [5.41, 5.74) is 2.58. The minimum absolute atomic E-state index is 0.00131. The van der Waals surface area contributed by atoms with E-state index in [0.717, 1.165) is 11.1 Å². The van der Waals surface area contributed by atoms with Crippen LogP contribution in [0.3, 0.4) is 0 Å². The van der Waals surface area contributed by atoms with Gasteiger partial charge in [0.1, 0.15) is 17.9 Å². The van der Waals surface area contributed by atoms with Gasteiger partial charge in [-0.05, 0) is 41.7 Å². The van der Waals surface area contributed by atoms with E-state index in [0.29, 0.717) is 31.6 Å². The number of ether oxygens (including phenoxy) is 1. The lowest BCUT2D eigenvalue weighted by molar-refractivity contribution is -0.145. The molecule has 0 aliphatic rings. The van der Waals surface area contributed by atoms with Gasteiger partial charge in [0.05, 0.1) is 25.6 Å². The first-order valence-electron chi connectivity index (χ1n) is 21.1. The molecule has 0 fully saturated rings. The number of carbonyl (C=O) groups is 6. The molecule has 14 nitrogen and oxygen atoms in total. The Morgan fingerprint density at radius 3 is 1.90 bits per heavy atom. The molecular weight excluding hydrogens is 765 g/mol. The number of Topliss-reactive ketones (excluding diaryl/α,β-unsaturated/α-hetero) is 1. The molecule has 60 heavy (non-hydrogen) atoms. The van der Waals surface area contributed by atoms with E-state index in [4.69, 9.17) is 4.74 Å². The number of benzene rings is 2. The van der Waals surface area contributed by atoms with Crippen LogP contribution in [0.5, 0.6) is 0 Å². The van der Waals surface area contributed by atoms with E-state index < -0.39 is 53.8 Å². The summed E-state index contributed by atoms with van der Waals surface area (Å²) in [7, 11) is 1.23. The van der Waals surface area contributed by atoms with E-state index in [2.05, 4.69) is 25.9 Å². The number of hydrogen-bond donors (Lipinski definition) is 5. The van der Waals surface area contributed by atoms with Crippen LogP contribution in [-0.4, -0.2) is 86.7 Å². The number of H-pyrrole nitrogens is 1. The predicted molar refractivity (Wildman–Crippen MR) is 229 cm³/mol. The minimum atomic E-state index is -1.11. The molecule has 3 aromatic rings. The molecule has 0 bridgehead atoms. The Morgan fingerprint density at radius 1 is 0.783 bits per heavy atom. The summed E-state index contributed by atoms with van der Waals surface area (Å²) in [6.45, 7) is 12.1. The molecule has 5 N–H and O–H groups in total. The summed E-state index contributed by atoms with van der Waals surface area (Å²) in [5.74, 6) is -3.59. The lowest BCUT2D eigenvalue weighted by Crippen LogP contribution is -2.56. The number of nitrogens with one attached hydrogen (secondary N) is 4. The highest BCUT2D eigenvalue weighted by Gasteiger charge is 2.35. The summed E-state index contributed by atoms with van der Waals surface area (Å²) < 4.78 is 4.92. The van der Waals surface area contributed by atoms with Crippen molar-refractivity contribution in [3.63, 3.8) is 0 Å². The first-order chi connectivity index (χ1) is 28.6. The van der Waals surface area contributed by atoms with Crippen LogP contribution >= 0.6 is 0 Å². The Kier molecular flexibility index (Phi) is 20.7. The maximum atomic E-state index is 13.9. The Hall–Kier alpha value is -5.37. The molecule has 0 radical (unpaired) electrons. The summed E-state index contributed by atoms with van der Waals surface area (Å²) >= 11 is 0. The molecule has 0 aliphatic carbocycles. The highest BCUT2D eigenvalue weighted by molar-refractivity contribution is 5.92. The number of aromatic amines is 1. The Balaban J connectivity index is 1.60. The quantitative estimate of drug-likeness (QED) is 0.0687. The minimum Gasteiger partial charge on any atom is -0.467 e.